The van der Waals surface area contributed by atoms with Crippen molar-refractivity contribution in [3.8, 4) is 0 Å². The first kappa shape index (κ1) is 16.3. The van der Waals surface area contributed by atoms with Crippen molar-refractivity contribution in [2.24, 2.45) is 0 Å². The van der Waals surface area contributed by atoms with Crippen LogP contribution in [0.25, 0.3) is 0 Å². The summed E-state index contributed by atoms with van der Waals surface area (Å²) in [5.74, 6) is 1.05. The summed E-state index contributed by atoms with van der Waals surface area (Å²) in [4.78, 5) is 6.81. The number of benzene rings is 1. The molecule has 3 rings (SSSR count). The Morgan fingerprint density at radius 1 is 1.27 bits per heavy atom. The lowest BCUT2D eigenvalue weighted by Gasteiger charge is -2.18. The number of aromatic nitrogens is 1. The van der Waals surface area contributed by atoms with Crippen LogP contribution in [0.4, 0.5) is 5.82 Å². The largest absolute Gasteiger partial charge is 0.355 e. The molecule has 22 heavy (non-hydrogen) atoms. The standard InChI is InChI=1S/C16H16Cl2IN3/c17-12-2-1-11(15(18)7-12)8-20-14-5-6-22(10-14)16-4-3-13(19)9-21-16/h1-4,7,9,14,20H,5-6,8,10H2/t14-/m0/s1. The molecule has 0 saturated carbocycles. The van der Waals surface area contributed by atoms with Gasteiger partial charge in [-0.3, -0.25) is 0 Å². The minimum atomic E-state index is 0.452. The average Bonchev–Trinajstić information content (AvgIpc) is 2.96. The van der Waals surface area contributed by atoms with Crippen LogP contribution in [0.2, 0.25) is 10.0 Å². The molecule has 1 aliphatic rings. The summed E-state index contributed by atoms with van der Waals surface area (Å²) in [6, 6.07) is 10.3. The molecule has 1 N–H and O–H groups in total. The van der Waals surface area contributed by atoms with Gasteiger partial charge in [0.1, 0.15) is 5.82 Å². The lowest BCUT2D eigenvalue weighted by atomic mass is 10.2. The van der Waals surface area contributed by atoms with Crippen LogP contribution in [0.3, 0.4) is 0 Å². The molecule has 1 saturated heterocycles. The Morgan fingerprint density at radius 2 is 2.14 bits per heavy atom. The molecule has 6 heteroatoms. The minimum absolute atomic E-state index is 0.452. The summed E-state index contributed by atoms with van der Waals surface area (Å²) < 4.78 is 1.16. The lowest BCUT2D eigenvalue weighted by Crippen LogP contribution is -2.32. The topological polar surface area (TPSA) is 28.2 Å². The SMILES string of the molecule is Clc1ccc(CN[C@H]2CCN(c3ccc(I)cn3)C2)c(Cl)c1. The van der Waals surface area contributed by atoms with Gasteiger partial charge in [-0.25, -0.2) is 4.98 Å². The molecule has 1 atom stereocenters. The van der Waals surface area contributed by atoms with Crippen molar-refractivity contribution in [3.05, 3.63) is 55.7 Å². The van der Waals surface area contributed by atoms with Crippen LogP contribution >= 0.6 is 45.8 Å². The number of pyridine rings is 1. The van der Waals surface area contributed by atoms with Gasteiger partial charge in [0.15, 0.2) is 0 Å². The lowest BCUT2D eigenvalue weighted by molar-refractivity contribution is 0.551. The quantitative estimate of drug-likeness (QED) is 0.705. The predicted molar refractivity (Wildman–Crippen MR) is 101 cm³/mol. The fraction of sp³-hybridized carbons (Fsp3) is 0.312. The Morgan fingerprint density at radius 3 is 2.86 bits per heavy atom. The number of rotatable bonds is 4. The van der Waals surface area contributed by atoms with Crippen LogP contribution in [0.15, 0.2) is 36.5 Å². The molecule has 0 unspecified atom stereocenters. The average molecular weight is 448 g/mol. The zero-order valence-electron chi connectivity index (χ0n) is 11.9. The maximum atomic E-state index is 6.21. The van der Waals surface area contributed by atoms with Gasteiger partial charge in [-0.15, -0.1) is 0 Å². The molecule has 0 aliphatic carbocycles. The van der Waals surface area contributed by atoms with Gasteiger partial charge in [-0.1, -0.05) is 29.3 Å². The van der Waals surface area contributed by atoms with E-state index in [2.05, 4.69) is 49.9 Å². The maximum absolute atomic E-state index is 6.21. The smallest absolute Gasteiger partial charge is 0.128 e. The predicted octanol–water partition coefficient (Wildman–Crippen LogP) is 4.36. The second kappa shape index (κ2) is 7.34. The number of halogens is 3. The van der Waals surface area contributed by atoms with E-state index in [1.165, 1.54) is 0 Å². The Kier molecular flexibility index (Phi) is 5.44. The first-order valence-corrected chi connectivity index (χ1v) is 8.99. The van der Waals surface area contributed by atoms with E-state index in [9.17, 15) is 0 Å². The molecule has 116 valence electrons. The monoisotopic (exact) mass is 447 g/mol. The van der Waals surface area contributed by atoms with Crippen LogP contribution in [0.5, 0.6) is 0 Å². The van der Waals surface area contributed by atoms with Gasteiger partial charge in [-0.05, 0) is 58.8 Å². The number of nitrogens with one attached hydrogen (secondary N) is 1. The van der Waals surface area contributed by atoms with Crippen molar-refractivity contribution in [1.82, 2.24) is 10.3 Å². The van der Waals surface area contributed by atoms with Gasteiger partial charge < -0.3 is 10.2 Å². The molecule has 0 amide bonds. The third kappa shape index (κ3) is 4.04. The fourth-order valence-corrected chi connectivity index (χ4v) is 3.40. The molecule has 2 aromatic rings. The van der Waals surface area contributed by atoms with E-state index < -0.39 is 0 Å². The van der Waals surface area contributed by atoms with Crippen molar-refractivity contribution >= 4 is 51.6 Å². The van der Waals surface area contributed by atoms with Gasteiger partial charge in [0.05, 0.1) is 0 Å². The summed E-state index contributed by atoms with van der Waals surface area (Å²) in [5, 5.41) is 4.96. The Balaban J connectivity index is 1.56. The summed E-state index contributed by atoms with van der Waals surface area (Å²) >= 11 is 14.4. The third-order valence-corrected chi connectivity index (χ3v) is 5.05. The zero-order chi connectivity index (χ0) is 15.5. The highest BCUT2D eigenvalue weighted by molar-refractivity contribution is 14.1. The van der Waals surface area contributed by atoms with Gasteiger partial charge in [-0.2, -0.15) is 0 Å². The number of hydrogen-bond acceptors (Lipinski definition) is 3. The minimum Gasteiger partial charge on any atom is -0.355 e. The first-order chi connectivity index (χ1) is 10.6. The van der Waals surface area contributed by atoms with E-state index in [1.54, 1.807) is 6.07 Å². The van der Waals surface area contributed by atoms with Crippen molar-refractivity contribution in [2.45, 2.75) is 19.0 Å². The van der Waals surface area contributed by atoms with Crippen LogP contribution in [0, 0.1) is 3.57 Å². The summed E-state index contributed by atoms with van der Waals surface area (Å²) in [6.07, 6.45) is 3.02. The van der Waals surface area contributed by atoms with Gasteiger partial charge in [0, 0.05) is 45.5 Å². The molecule has 1 aromatic heterocycles. The highest BCUT2D eigenvalue weighted by Gasteiger charge is 2.23. The van der Waals surface area contributed by atoms with E-state index in [0.29, 0.717) is 16.1 Å². The van der Waals surface area contributed by atoms with Gasteiger partial charge in [0.25, 0.3) is 0 Å². The van der Waals surface area contributed by atoms with Gasteiger partial charge in [0.2, 0.25) is 0 Å². The molecule has 0 radical (unpaired) electrons. The molecule has 1 aliphatic heterocycles. The number of hydrogen-bond donors (Lipinski definition) is 1. The molecular formula is C16H16Cl2IN3. The molecule has 3 nitrogen and oxygen atoms in total. The van der Waals surface area contributed by atoms with Crippen molar-refractivity contribution in [2.75, 3.05) is 18.0 Å². The zero-order valence-corrected chi connectivity index (χ0v) is 15.6. The van der Waals surface area contributed by atoms with Crippen molar-refractivity contribution in [1.29, 1.82) is 0 Å². The van der Waals surface area contributed by atoms with E-state index in [4.69, 9.17) is 23.2 Å². The van der Waals surface area contributed by atoms with E-state index in [1.807, 2.05) is 18.3 Å². The second-order valence-electron chi connectivity index (χ2n) is 5.38. The highest BCUT2D eigenvalue weighted by Crippen LogP contribution is 2.22. The summed E-state index contributed by atoms with van der Waals surface area (Å²) in [7, 11) is 0. The van der Waals surface area contributed by atoms with E-state index in [-0.39, 0.29) is 0 Å². The Labute approximate surface area is 154 Å². The molecule has 0 spiro atoms. The van der Waals surface area contributed by atoms with Crippen LogP contribution < -0.4 is 10.2 Å². The van der Waals surface area contributed by atoms with Crippen molar-refractivity contribution < 1.29 is 0 Å². The van der Waals surface area contributed by atoms with Gasteiger partial charge >= 0.3 is 0 Å². The summed E-state index contributed by atoms with van der Waals surface area (Å²) in [5.41, 5.74) is 1.08. The second-order valence-corrected chi connectivity index (χ2v) is 7.47. The van der Waals surface area contributed by atoms with Crippen LogP contribution in [0.1, 0.15) is 12.0 Å². The van der Waals surface area contributed by atoms with E-state index >= 15 is 0 Å². The Bertz CT molecular complexity index is 648. The molecule has 1 fully saturated rings. The molecular weight excluding hydrogens is 432 g/mol. The highest BCUT2D eigenvalue weighted by atomic mass is 127. The van der Waals surface area contributed by atoms with Crippen molar-refractivity contribution in [3.63, 3.8) is 0 Å². The summed E-state index contributed by atoms with van der Waals surface area (Å²) in [6.45, 7) is 2.76. The molecule has 2 heterocycles. The number of nitrogens with zero attached hydrogens (tertiary/aromatic N) is 2. The molecule has 0 bridgehead atoms. The number of anilines is 1. The van der Waals surface area contributed by atoms with E-state index in [0.717, 1.165) is 41.0 Å². The van der Waals surface area contributed by atoms with Crippen LogP contribution in [-0.4, -0.2) is 24.1 Å². The molecule has 1 aromatic carbocycles. The third-order valence-electron chi connectivity index (χ3n) is 3.82. The fourth-order valence-electron chi connectivity index (χ4n) is 2.61. The van der Waals surface area contributed by atoms with Crippen LogP contribution in [-0.2, 0) is 6.54 Å². The first-order valence-electron chi connectivity index (χ1n) is 7.15. The Hall–Kier alpha value is -0.560. The maximum Gasteiger partial charge on any atom is 0.128 e. The normalized spacial score (nSPS) is 18.0.